The number of carbonyl (C=O) groups is 1. The zero-order chi connectivity index (χ0) is 22.9. The minimum atomic E-state index is -0.872. The second kappa shape index (κ2) is 9.21. The third kappa shape index (κ3) is 4.59. The van der Waals surface area contributed by atoms with E-state index >= 15 is 0 Å². The fourth-order valence-corrected chi connectivity index (χ4v) is 6.32. The lowest BCUT2D eigenvalue weighted by atomic mass is 9.56. The van der Waals surface area contributed by atoms with Crippen molar-refractivity contribution in [2.24, 2.45) is 11.8 Å². The van der Waals surface area contributed by atoms with Crippen LogP contribution >= 0.6 is 0 Å². The highest BCUT2D eigenvalue weighted by Crippen LogP contribution is 2.53. The summed E-state index contributed by atoms with van der Waals surface area (Å²) in [7, 11) is 0. The van der Waals surface area contributed by atoms with E-state index < -0.39 is 11.6 Å². The molecule has 0 amide bonds. The lowest BCUT2D eigenvalue weighted by Gasteiger charge is -2.50. The topological polar surface area (TPSA) is 76.0 Å². The summed E-state index contributed by atoms with van der Waals surface area (Å²) in [5.74, 6) is -0.0886. The smallest absolute Gasteiger partial charge is 0.335 e. The molecule has 33 heavy (non-hydrogen) atoms. The maximum Gasteiger partial charge on any atom is 0.335 e. The summed E-state index contributed by atoms with van der Waals surface area (Å²) in [6, 6.07) is 16.3. The summed E-state index contributed by atoms with van der Waals surface area (Å²) in [5.41, 5.74) is 3.21. The number of carboxylic acids is 1. The van der Waals surface area contributed by atoms with Gasteiger partial charge in [-0.25, -0.2) is 4.79 Å². The molecular weight excluding hydrogens is 416 g/mol. The normalized spacial score (nSPS) is 29.4. The van der Waals surface area contributed by atoms with Gasteiger partial charge in [0.1, 0.15) is 0 Å². The number of aryl methyl sites for hydroxylation is 1. The monoisotopic (exact) mass is 450 g/mol. The summed E-state index contributed by atoms with van der Waals surface area (Å²) < 4.78 is 11.2. The van der Waals surface area contributed by atoms with Crippen LogP contribution in [0.4, 0.5) is 0 Å². The number of rotatable bonds is 7. The Balaban J connectivity index is 1.45. The number of fused-ring (bicyclic) bond motifs is 3. The largest absolute Gasteiger partial charge is 0.478 e. The molecule has 1 saturated carbocycles. The average molecular weight is 451 g/mol. The van der Waals surface area contributed by atoms with Gasteiger partial charge in [-0.3, -0.25) is 0 Å². The lowest BCUT2D eigenvalue weighted by Crippen LogP contribution is -2.51. The first-order valence-electron chi connectivity index (χ1n) is 12.3. The van der Waals surface area contributed by atoms with E-state index in [2.05, 4.69) is 30.3 Å². The Labute approximate surface area is 195 Å². The molecule has 0 radical (unpaired) electrons. The molecule has 0 aromatic heterocycles. The highest BCUT2D eigenvalue weighted by molar-refractivity contribution is 5.88. The SMILES string of the molecule is O=C(O)c1ccc2c(c1)CCC[C@@H]1C[C@](O)(COCC3COC3)CC[C@]21Cc1ccccc1. The average Bonchev–Trinajstić information content (AvgIpc) is 2.92. The minimum Gasteiger partial charge on any atom is -0.478 e. The van der Waals surface area contributed by atoms with Gasteiger partial charge in [-0.05, 0) is 79.7 Å². The van der Waals surface area contributed by atoms with Gasteiger partial charge in [-0.2, -0.15) is 0 Å². The standard InChI is InChI=1S/C28H34O5/c29-26(30)23-9-10-25-22(13-23)7-4-8-24-15-27(31,19-33-18-21-16-32-17-21)11-12-28(24,25)14-20-5-2-1-3-6-20/h1-3,5-6,9-10,13,21,24,31H,4,7-8,11-12,14-19H2,(H,29,30)/t24-,27+,28-/m1/s1. The van der Waals surface area contributed by atoms with Crippen LogP contribution in [0.3, 0.4) is 0 Å². The maximum atomic E-state index is 11.6. The molecule has 0 bridgehead atoms. The fourth-order valence-electron chi connectivity index (χ4n) is 6.32. The van der Waals surface area contributed by atoms with Crippen molar-refractivity contribution < 1.29 is 24.5 Å². The molecule has 0 spiro atoms. The van der Waals surface area contributed by atoms with E-state index in [0.29, 0.717) is 37.0 Å². The number of hydrogen-bond donors (Lipinski definition) is 2. The quantitative estimate of drug-likeness (QED) is 0.654. The van der Waals surface area contributed by atoms with Crippen LogP contribution in [0.5, 0.6) is 0 Å². The van der Waals surface area contributed by atoms with Crippen molar-refractivity contribution in [3.8, 4) is 0 Å². The first-order valence-corrected chi connectivity index (χ1v) is 12.3. The third-order valence-electron chi connectivity index (χ3n) is 8.13. The molecule has 1 heterocycles. The van der Waals surface area contributed by atoms with Crippen molar-refractivity contribution in [2.75, 3.05) is 26.4 Å². The molecule has 5 rings (SSSR count). The van der Waals surface area contributed by atoms with Crippen molar-refractivity contribution >= 4 is 5.97 Å². The molecule has 176 valence electrons. The van der Waals surface area contributed by atoms with Crippen LogP contribution in [0, 0.1) is 11.8 Å². The van der Waals surface area contributed by atoms with Gasteiger partial charge in [0, 0.05) is 11.3 Å². The number of aliphatic hydroxyl groups is 1. The molecule has 5 nitrogen and oxygen atoms in total. The molecule has 2 aliphatic carbocycles. The highest BCUT2D eigenvalue weighted by atomic mass is 16.5. The lowest BCUT2D eigenvalue weighted by molar-refractivity contribution is -0.125. The van der Waals surface area contributed by atoms with Gasteiger partial charge in [-0.1, -0.05) is 36.4 Å². The van der Waals surface area contributed by atoms with Crippen LogP contribution in [-0.4, -0.2) is 48.2 Å². The second-order valence-corrected chi connectivity index (χ2v) is 10.4. The molecule has 3 atom stereocenters. The first-order chi connectivity index (χ1) is 16.0. The zero-order valence-corrected chi connectivity index (χ0v) is 19.2. The Morgan fingerprint density at radius 1 is 1.12 bits per heavy atom. The summed E-state index contributed by atoms with van der Waals surface area (Å²) in [5, 5.41) is 21.1. The summed E-state index contributed by atoms with van der Waals surface area (Å²) >= 11 is 0. The number of benzene rings is 2. The highest BCUT2D eigenvalue weighted by Gasteiger charge is 2.50. The summed E-state index contributed by atoms with van der Waals surface area (Å²) in [6.07, 6.45) is 6.13. The molecule has 1 aliphatic heterocycles. The molecule has 3 aliphatic rings. The van der Waals surface area contributed by atoms with Crippen LogP contribution < -0.4 is 0 Å². The molecule has 2 aromatic rings. The Kier molecular flexibility index (Phi) is 6.30. The first kappa shape index (κ1) is 22.6. The second-order valence-electron chi connectivity index (χ2n) is 10.4. The van der Waals surface area contributed by atoms with Crippen molar-refractivity contribution in [1.82, 2.24) is 0 Å². The van der Waals surface area contributed by atoms with Gasteiger partial charge in [-0.15, -0.1) is 0 Å². The van der Waals surface area contributed by atoms with Crippen molar-refractivity contribution in [3.05, 3.63) is 70.8 Å². The van der Waals surface area contributed by atoms with E-state index in [1.807, 2.05) is 12.1 Å². The summed E-state index contributed by atoms with van der Waals surface area (Å²) in [4.78, 5) is 11.6. The minimum absolute atomic E-state index is 0.0989. The zero-order valence-electron chi connectivity index (χ0n) is 19.2. The molecule has 5 heteroatoms. The van der Waals surface area contributed by atoms with E-state index in [9.17, 15) is 15.0 Å². The van der Waals surface area contributed by atoms with Crippen LogP contribution in [-0.2, 0) is 27.7 Å². The van der Waals surface area contributed by atoms with Crippen LogP contribution in [0.2, 0.25) is 0 Å². The molecule has 0 unspecified atom stereocenters. The number of aromatic carboxylic acids is 1. The van der Waals surface area contributed by atoms with Crippen molar-refractivity contribution in [1.29, 1.82) is 0 Å². The Bertz CT molecular complexity index is 985. The number of hydrogen-bond acceptors (Lipinski definition) is 4. The van der Waals surface area contributed by atoms with Crippen molar-refractivity contribution in [3.63, 3.8) is 0 Å². The molecule has 2 fully saturated rings. The van der Waals surface area contributed by atoms with Crippen molar-refractivity contribution in [2.45, 2.75) is 56.0 Å². The Morgan fingerprint density at radius 2 is 1.94 bits per heavy atom. The van der Waals surface area contributed by atoms with Crippen LogP contribution in [0.1, 0.15) is 59.2 Å². The Hall–Kier alpha value is -2.21. The predicted molar refractivity (Wildman–Crippen MR) is 126 cm³/mol. The van der Waals surface area contributed by atoms with Gasteiger partial charge in [0.25, 0.3) is 0 Å². The Morgan fingerprint density at radius 3 is 2.67 bits per heavy atom. The predicted octanol–water partition coefficient (Wildman–Crippen LogP) is 4.40. The summed E-state index contributed by atoms with van der Waals surface area (Å²) in [6.45, 7) is 2.56. The fraction of sp³-hybridized carbons (Fsp3) is 0.536. The van der Waals surface area contributed by atoms with Gasteiger partial charge < -0.3 is 19.7 Å². The van der Waals surface area contributed by atoms with Gasteiger partial charge in [0.05, 0.1) is 37.6 Å². The molecule has 1 saturated heterocycles. The van der Waals surface area contributed by atoms with Gasteiger partial charge in [0.15, 0.2) is 0 Å². The third-order valence-corrected chi connectivity index (χ3v) is 8.13. The molecule has 2 aromatic carbocycles. The van der Waals surface area contributed by atoms with Crippen LogP contribution in [0.15, 0.2) is 48.5 Å². The van der Waals surface area contributed by atoms with E-state index in [1.54, 1.807) is 6.07 Å². The number of carboxylic acid groups (broad SMARTS) is 1. The molecular formula is C28H34O5. The van der Waals surface area contributed by atoms with Gasteiger partial charge in [0.2, 0.25) is 0 Å². The van der Waals surface area contributed by atoms with E-state index in [0.717, 1.165) is 51.7 Å². The molecule has 2 N–H and O–H groups in total. The number of ether oxygens (including phenoxy) is 2. The van der Waals surface area contributed by atoms with E-state index in [1.165, 1.54) is 16.7 Å². The van der Waals surface area contributed by atoms with Crippen LogP contribution in [0.25, 0.3) is 0 Å². The van der Waals surface area contributed by atoms with Gasteiger partial charge >= 0.3 is 5.97 Å². The van der Waals surface area contributed by atoms with E-state index in [4.69, 9.17) is 9.47 Å². The maximum absolute atomic E-state index is 11.6. The van der Waals surface area contributed by atoms with E-state index in [-0.39, 0.29) is 5.41 Å².